The number of aromatic carboxylic acids is 1. The van der Waals surface area contributed by atoms with E-state index in [0.29, 0.717) is 32.2 Å². The minimum absolute atomic E-state index is 0.00674. The molecule has 0 radical (unpaired) electrons. The van der Waals surface area contributed by atoms with Crippen molar-refractivity contribution in [3.05, 3.63) is 29.3 Å². The number of carboxylic acids is 1. The molecule has 0 aromatic heterocycles. The zero-order valence-electron chi connectivity index (χ0n) is 14.5. The van der Waals surface area contributed by atoms with Crippen LogP contribution in [-0.4, -0.2) is 29.2 Å². The van der Waals surface area contributed by atoms with E-state index in [1.807, 2.05) is 13.8 Å². The Balaban J connectivity index is 1.73. The number of fused-ring (bicyclic) bond motifs is 1. The maximum atomic E-state index is 12.7. The van der Waals surface area contributed by atoms with Gasteiger partial charge in [-0.2, -0.15) is 10.2 Å². The molecule has 0 spiro atoms. The topological polar surface area (TPSA) is 82.3 Å². The molecule has 0 saturated heterocycles. The van der Waals surface area contributed by atoms with Gasteiger partial charge >= 0.3 is 5.97 Å². The van der Waals surface area contributed by atoms with Crippen molar-refractivity contribution < 1.29 is 14.7 Å². The first-order chi connectivity index (χ1) is 11.8. The van der Waals surface area contributed by atoms with Crippen LogP contribution in [0.3, 0.4) is 0 Å². The first-order valence-corrected chi connectivity index (χ1v) is 8.34. The Hall–Kier alpha value is -2.68. The highest BCUT2D eigenvalue weighted by Gasteiger charge is 2.42. The van der Waals surface area contributed by atoms with Gasteiger partial charge in [-0.3, -0.25) is 4.79 Å². The largest absolute Gasteiger partial charge is 0.478 e. The average molecular weight is 339 g/mol. The highest BCUT2D eigenvalue weighted by atomic mass is 16.4. The third kappa shape index (κ3) is 3.27. The van der Waals surface area contributed by atoms with E-state index < -0.39 is 11.6 Å². The molecule has 0 fully saturated rings. The Labute approximate surface area is 146 Å². The highest BCUT2D eigenvalue weighted by Crippen LogP contribution is 2.42. The predicted molar refractivity (Wildman–Crippen MR) is 93.7 cm³/mol. The third-order valence-electron chi connectivity index (χ3n) is 4.91. The number of anilines is 1. The summed E-state index contributed by atoms with van der Waals surface area (Å²) in [5.41, 5.74) is 1.18. The quantitative estimate of drug-likeness (QED) is 0.807. The molecule has 25 heavy (non-hydrogen) atoms. The third-order valence-corrected chi connectivity index (χ3v) is 4.91. The summed E-state index contributed by atoms with van der Waals surface area (Å²) in [6.07, 6.45) is 7.47. The highest BCUT2D eigenvalue weighted by molar-refractivity contribution is 5.97. The molecule has 2 aliphatic rings. The average Bonchev–Trinajstić information content (AvgIpc) is 3.30. The second kappa shape index (κ2) is 5.99. The van der Waals surface area contributed by atoms with Crippen LogP contribution in [0.4, 0.5) is 5.69 Å². The van der Waals surface area contributed by atoms with Crippen molar-refractivity contribution in [2.45, 2.75) is 50.6 Å². The molecule has 6 heteroatoms. The van der Waals surface area contributed by atoms with E-state index in [0.717, 1.165) is 11.3 Å². The van der Waals surface area contributed by atoms with Crippen molar-refractivity contribution in [1.29, 1.82) is 0 Å². The van der Waals surface area contributed by atoms with Gasteiger partial charge in [0.1, 0.15) is 0 Å². The van der Waals surface area contributed by atoms with Crippen LogP contribution in [0.2, 0.25) is 0 Å². The summed E-state index contributed by atoms with van der Waals surface area (Å²) in [6.45, 7) is 4.57. The van der Waals surface area contributed by atoms with Crippen LogP contribution >= 0.6 is 0 Å². The summed E-state index contributed by atoms with van der Waals surface area (Å²) in [5, 5.41) is 17.3. The van der Waals surface area contributed by atoms with Crippen LogP contribution in [-0.2, 0) is 10.2 Å². The van der Waals surface area contributed by atoms with Gasteiger partial charge in [-0.25, -0.2) is 4.79 Å². The molecule has 1 N–H and O–H groups in total. The van der Waals surface area contributed by atoms with Gasteiger partial charge in [0.25, 0.3) is 0 Å². The van der Waals surface area contributed by atoms with E-state index in [-0.39, 0.29) is 16.9 Å². The van der Waals surface area contributed by atoms with Gasteiger partial charge in [0, 0.05) is 43.3 Å². The predicted octanol–water partition coefficient (Wildman–Crippen LogP) is 3.36. The number of carbonyl (C=O) groups excluding carboxylic acids is 1. The fourth-order valence-corrected chi connectivity index (χ4v) is 3.34. The molecule has 130 valence electrons. The van der Waals surface area contributed by atoms with Crippen LogP contribution in [0, 0.1) is 12.3 Å². The van der Waals surface area contributed by atoms with Gasteiger partial charge in [0.15, 0.2) is 5.66 Å². The van der Waals surface area contributed by atoms with Crippen LogP contribution in [0.5, 0.6) is 0 Å². The molecule has 1 aromatic carbocycles. The lowest BCUT2D eigenvalue weighted by Gasteiger charge is -2.21. The molecule has 2 aliphatic heterocycles. The fraction of sp³-hybridized carbons (Fsp3) is 0.474. The molecular weight excluding hydrogens is 318 g/mol. The van der Waals surface area contributed by atoms with E-state index in [1.54, 1.807) is 23.1 Å². The lowest BCUT2D eigenvalue weighted by Crippen LogP contribution is -2.34. The number of benzene rings is 1. The molecule has 1 amide bonds. The van der Waals surface area contributed by atoms with E-state index in [2.05, 4.69) is 16.1 Å². The summed E-state index contributed by atoms with van der Waals surface area (Å²) in [6, 6.07) is 4.94. The van der Waals surface area contributed by atoms with Crippen molar-refractivity contribution in [2.75, 3.05) is 11.4 Å². The molecule has 1 aromatic rings. The molecule has 3 rings (SSSR count). The number of hydrogen-bond acceptors (Lipinski definition) is 4. The number of terminal acetylenes is 1. The van der Waals surface area contributed by atoms with Gasteiger partial charge in [-0.05, 0) is 23.8 Å². The van der Waals surface area contributed by atoms with Crippen molar-refractivity contribution in [3.8, 4) is 12.3 Å². The molecule has 2 heterocycles. The summed E-state index contributed by atoms with van der Waals surface area (Å²) in [5.74, 6) is 1.63. The smallest absolute Gasteiger partial charge is 0.335 e. The standard InChI is InChI=1S/C19H21N3O3/c1-4-5-9-19(20-21-19)10-8-16(23)22-12-18(2,3)14-11-13(17(24)25)6-7-15(14)22/h1,6-7,11H,5,8-10,12H2,2-3H3,(H,24,25). The monoisotopic (exact) mass is 339 g/mol. The maximum Gasteiger partial charge on any atom is 0.335 e. The first kappa shape index (κ1) is 17.2. The first-order valence-electron chi connectivity index (χ1n) is 8.34. The second-order valence-corrected chi connectivity index (χ2v) is 7.29. The molecule has 0 saturated carbocycles. The summed E-state index contributed by atoms with van der Waals surface area (Å²) >= 11 is 0. The Morgan fingerprint density at radius 2 is 2.04 bits per heavy atom. The Morgan fingerprint density at radius 3 is 2.64 bits per heavy atom. The molecule has 0 unspecified atom stereocenters. The van der Waals surface area contributed by atoms with Crippen molar-refractivity contribution in [1.82, 2.24) is 0 Å². The zero-order chi connectivity index (χ0) is 18.2. The van der Waals surface area contributed by atoms with Crippen molar-refractivity contribution in [3.63, 3.8) is 0 Å². The number of hydrogen-bond donors (Lipinski definition) is 1. The molecular formula is C19H21N3O3. The van der Waals surface area contributed by atoms with E-state index in [9.17, 15) is 14.7 Å². The fourth-order valence-electron chi connectivity index (χ4n) is 3.34. The zero-order valence-corrected chi connectivity index (χ0v) is 14.5. The van der Waals surface area contributed by atoms with Gasteiger partial charge in [0.2, 0.25) is 5.91 Å². The normalized spacial score (nSPS) is 18.5. The Morgan fingerprint density at radius 1 is 1.32 bits per heavy atom. The van der Waals surface area contributed by atoms with Crippen LogP contribution in [0.15, 0.2) is 28.4 Å². The van der Waals surface area contributed by atoms with E-state index in [4.69, 9.17) is 6.42 Å². The molecule has 0 bridgehead atoms. The van der Waals surface area contributed by atoms with Crippen LogP contribution < -0.4 is 4.90 Å². The summed E-state index contributed by atoms with van der Waals surface area (Å²) in [4.78, 5) is 25.7. The van der Waals surface area contributed by atoms with Crippen molar-refractivity contribution in [2.24, 2.45) is 10.2 Å². The van der Waals surface area contributed by atoms with E-state index in [1.165, 1.54) is 0 Å². The Bertz CT molecular complexity index is 799. The number of rotatable bonds is 6. The molecule has 0 atom stereocenters. The van der Waals surface area contributed by atoms with E-state index >= 15 is 0 Å². The SMILES string of the molecule is C#CCCC1(CCC(=O)N2CC(C)(C)c3cc(C(=O)O)ccc32)N=N1. The van der Waals surface area contributed by atoms with Crippen LogP contribution in [0.1, 0.15) is 55.5 Å². The lowest BCUT2D eigenvalue weighted by atomic mass is 9.86. The number of nitrogens with zero attached hydrogens (tertiary/aromatic N) is 3. The molecule has 6 nitrogen and oxygen atoms in total. The Kier molecular flexibility index (Phi) is 4.11. The van der Waals surface area contributed by atoms with Crippen molar-refractivity contribution >= 4 is 17.6 Å². The minimum Gasteiger partial charge on any atom is -0.478 e. The minimum atomic E-state index is -0.962. The number of carboxylic acid groups (broad SMARTS) is 1. The number of carbonyl (C=O) groups is 2. The van der Waals surface area contributed by atoms with Gasteiger partial charge < -0.3 is 10.0 Å². The summed E-state index contributed by atoms with van der Waals surface area (Å²) in [7, 11) is 0. The number of amides is 1. The van der Waals surface area contributed by atoms with Gasteiger partial charge in [-0.1, -0.05) is 13.8 Å². The van der Waals surface area contributed by atoms with Crippen LogP contribution in [0.25, 0.3) is 0 Å². The lowest BCUT2D eigenvalue weighted by molar-refractivity contribution is -0.118. The summed E-state index contributed by atoms with van der Waals surface area (Å²) < 4.78 is 0. The van der Waals surface area contributed by atoms with Gasteiger partial charge in [-0.15, -0.1) is 12.3 Å². The maximum absolute atomic E-state index is 12.7. The second-order valence-electron chi connectivity index (χ2n) is 7.29. The molecule has 0 aliphatic carbocycles. The van der Waals surface area contributed by atoms with Gasteiger partial charge in [0.05, 0.1) is 5.56 Å².